The first-order chi connectivity index (χ1) is 9.13. The van der Waals surface area contributed by atoms with Crippen molar-refractivity contribution in [1.29, 1.82) is 0 Å². The van der Waals surface area contributed by atoms with E-state index < -0.39 is 0 Å². The Morgan fingerprint density at radius 2 is 2.00 bits per heavy atom. The van der Waals surface area contributed by atoms with Crippen molar-refractivity contribution in [2.24, 2.45) is 7.05 Å². The van der Waals surface area contributed by atoms with E-state index in [-0.39, 0.29) is 5.28 Å². The number of imidazole rings is 1. The zero-order valence-corrected chi connectivity index (χ0v) is 11.3. The van der Waals surface area contributed by atoms with Crippen LogP contribution in [0.25, 0.3) is 11.2 Å². The Hall–Kier alpha value is -1.92. The molecule has 0 radical (unpaired) electrons. The molecule has 3 rings (SSSR count). The van der Waals surface area contributed by atoms with Gasteiger partial charge in [-0.1, -0.05) is 11.6 Å². The molecule has 0 amide bonds. The van der Waals surface area contributed by atoms with Gasteiger partial charge in [0.2, 0.25) is 5.28 Å². The second-order valence-electron chi connectivity index (χ2n) is 3.86. The summed E-state index contributed by atoms with van der Waals surface area (Å²) in [6.45, 7) is 0. The Bertz CT molecular complexity index is 737. The molecule has 0 fully saturated rings. The SMILES string of the molecule is Cn1cnc2c(Nc3ccc(Cl)nc3)nc(Cl)nc21. The Labute approximate surface area is 118 Å². The zero-order chi connectivity index (χ0) is 13.4. The third kappa shape index (κ3) is 2.32. The summed E-state index contributed by atoms with van der Waals surface area (Å²) < 4.78 is 1.77. The molecule has 3 heterocycles. The molecule has 0 aliphatic rings. The molecule has 19 heavy (non-hydrogen) atoms. The van der Waals surface area contributed by atoms with E-state index in [0.29, 0.717) is 22.1 Å². The minimum atomic E-state index is 0.153. The van der Waals surface area contributed by atoms with E-state index in [2.05, 4.69) is 25.3 Å². The van der Waals surface area contributed by atoms with Crippen molar-refractivity contribution >= 4 is 45.9 Å². The number of halogens is 2. The average molecular weight is 295 g/mol. The molecule has 3 aromatic heterocycles. The van der Waals surface area contributed by atoms with Gasteiger partial charge >= 0.3 is 0 Å². The molecule has 0 saturated carbocycles. The van der Waals surface area contributed by atoms with Crippen molar-refractivity contribution in [3.63, 3.8) is 0 Å². The largest absolute Gasteiger partial charge is 0.337 e. The lowest BCUT2D eigenvalue weighted by atomic mass is 10.4. The normalized spacial score (nSPS) is 10.9. The highest BCUT2D eigenvalue weighted by Gasteiger charge is 2.11. The van der Waals surface area contributed by atoms with Crippen molar-refractivity contribution in [2.45, 2.75) is 0 Å². The summed E-state index contributed by atoms with van der Waals surface area (Å²) in [5.41, 5.74) is 2.04. The summed E-state index contributed by atoms with van der Waals surface area (Å²) >= 11 is 11.6. The molecule has 0 aliphatic heterocycles. The molecule has 0 spiro atoms. The van der Waals surface area contributed by atoms with Gasteiger partial charge in [0.15, 0.2) is 17.0 Å². The highest BCUT2D eigenvalue weighted by molar-refractivity contribution is 6.29. The molecule has 1 N–H and O–H groups in total. The highest BCUT2D eigenvalue weighted by atomic mass is 35.5. The van der Waals surface area contributed by atoms with Crippen LogP contribution in [-0.4, -0.2) is 24.5 Å². The molecule has 0 unspecified atom stereocenters. The molecule has 0 bridgehead atoms. The van der Waals surface area contributed by atoms with Crippen LogP contribution in [0, 0.1) is 0 Å². The Balaban J connectivity index is 2.07. The Morgan fingerprint density at radius 3 is 2.74 bits per heavy atom. The highest BCUT2D eigenvalue weighted by Crippen LogP contribution is 2.23. The lowest BCUT2D eigenvalue weighted by molar-refractivity contribution is 0.928. The number of aryl methyl sites for hydroxylation is 1. The van der Waals surface area contributed by atoms with Gasteiger partial charge in [-0.15, -0.1) is 0 Å². The Kier molecular flexibility index (Phi) is 2.96. The summed E-state index contributed by atoms with van der Waals surface area (Å²) in [7, 11) is 1.84. The summed E-state index contributed by atoms with van der Waals surface area (Å²) in [6.07, 6.45) is 3.26. The van der Waals surface area contributed by atoms with Crippen LogP contribution in [0.5, 0.6) is 0 Å². The lowest BCUT2D eigenvalue weighted by Gasteiger charge is -2.06. The Morgan fingerprint density at radius 1 is 1.16 bits per heavy atom. The first-order valence-electron chi connectivity index (χ1n) is 5.36. The van der Waals surface area contributed by atoms with E-state index in [1.165, 1.54) is 0 Å². The van der Waals surface area contributed by atoms with Gasteiger partial charge in [0.25, 0.3) is 0 Å². The van der Waals surface area contributed by atoms with E-state index in [0.717, 1.165) is 5.69 Å². The van der Waals surface area contributed by atoms with Crippen molar-refractivity contribution in [3.05, 3.63) is 35.1 Å². The van der Waals surface area contributed by atoms with Gasteiger partial charge in [-0.25, -0.2) is 9.97 Å². The number of hydrogen-bond acceptors (Lipinski definition) is 5. The fourth-order valence-corrected chi connectivity index (χ4v) is 1.93. The molecule has 0 saturated heterocycles. The second kappa shape index (κ2) is 4.64. The number of aromatic nitrogens is 5. The zero-order valence-electron chi connectivity index (χ0n) is 9.80. The standard InChI is InChI=1S/C11H8Cl2N6/c1-19-5-15-8-9(17-11(13)18-10(8)19)16-6-2-3-7(12)14-4-6/h2-5H,1H3,(H,16,17,18). The number of fused-ring (bicyclic) bond motifs is 1. The maximum atomic E-state index is 5.90. The smallest absolute Gasteiger partial charge is 0.226 e. The predicted octanol–water partition coefficient (Wildman–Crippen LogP) is 2.81. The van der Waals surface area contributed by atoms with Gasteiger partial charge in [0, 0.05) is 7.05 Å². The van der Waals surface area contributed by atoms with Crippen LogP contribution in [0.15, 0.2) is 24.7 Å². The van der Waals surface area contributed by atoms with Crippen LogP contribution >= 0.6 is 23.2 Å². The quantitative estimate of drug-likeness (QED) is 0.581. The van der Waals surface area contributed by atoms with E-state index >= 15 is 0 Å². The third-order valence-corrected chi connectivity index (χ3v) is 2.92. The van der Waals surface area contributed by atoms with Crippen molar-refractivity contribution in [1.82, 2.24) is 24.5 Å². The fraction of sp³-hybridized carbons (Fsp3) is 0.0909. The maximum Gasteiger partial charge on any atom is 0.226 e. The van der Waals surface area contributed by atoms with Crippen LogP contribution in [0.2, 0.25) is 10.4 Å². The third-order valence-electron chi connectivity index (χ3n) is 2.52. The fourth-order valence-electron chi connectivity index (χ4n) is 1.65. The minimum absolute atomic E-state index is 0.153. The summed E-state index contributed by atoms with van der Waals surface area (Å²) in [6, 6.07) is 3.47. The van der Waals surface area contributed by atoms with Crippen molar-refractivity contribution < 1.29 is 0 Å². The summed E-state index contributed by atoms with van der Waals surface area (Å²) in [4.78, 5) is 16.5. The lowest BCUT2D eigenvalue weighted by Crippen LogP contribution is -1.98. The van der Waals surface area contributed by atoms with Crippen LogP contribution in [0.3, 0.4) is 0 Å². The number of rotatable bonds is 2. The molecule has 8 heteroatoms. The van der Waals surface area contributed by atoms with Gasteiger partial charge < -0.3 is 9.88 Å². The predicted molar refractivity (Wildman–Crippen MR) is 73.8 cm³/mol. The molecule has 6 nitrogen and oxygen atoms in total. The van der Waals surface area contributed by atoms with E-state index in [4.69, 9.17) is 23.2 Å². The molecule has 0 aromatic carbocycles. The van der Waals surface area contributed by atoms with Gasteiger partial charge in [0.1, 0.15) is 5.15 Å². The number of hydrogen-bond donors (Lipinski definition) is 1. The van der Waals surface area contributed by atoms with Crippen LogP contribution in [-0.2, 0) is 7.05 Å². The van der Waals surface area contributed by atoms with Crippen molar-refractivity contribution in [3.8, 4) is 0 Å². The minimum Gasteiger partial charge on any atom is -0.337 e. The number of nitrogens with zero attached hydrogens (tertiary/aromatic N) is 5. The summed E-state index contributed by atoms with van der Waals surface area (Å²) in [5, 5.41) is 3.67. The molecular weight excluding hydrogens is 287 g/mol. The van der Waals surface area contributed by atoms with Gasteiger partial charge in [-0.2, -0.15) is 9.97 Å². The van der Waals surface area contributed by atoms with Crippen LogP contribution in [0.1, 0.15) is 0 Å². The summed E-state index contributed by atoms with van der Waals surface area (Å²) in [5.74, 6) is 0.528. The number of pyridine rings is 1. The molecule has 96 valence electrons. The molecule has 0 aliphatic carbocycles. The van der Waals surface area contributed by atoms with E-state index in [9.17, 15) is 0 Å². The first-order valence-corrected chi connectivity index (χ1v) is 6.12. The van der Waals surface area contributed by atoms with E-state index in [1.807, 2.05) is 7.05 Å². The van der Waals surface area contributed by atoms with E-state index in [1.54, 1.807) is 29.2 Å². The van der Waals surface area contributed by atoms with Crippen LogP contribution < -0.4 is 5.32 Å². The van der Waals surface area contributed by atoms with Crippen molar-refractivity contribution in [2.75, 3.05) is 5.32 Å². The molecule has 0 atom stereocenters. The van der Waals surface area contributed by atoms with Gasteiger partial charge in [0.05, 0.1) is 18.2 Å². The average Bonchev–Trinajstić information content (AvgIpc) is 2.74. The second-order valence-corrected chi connectivity index (χ2v) is 4.59. The molecule has 3 aromatic rings. The topological polar surface area (TPSA) is 68.5 Å². The molecular formula is C11H8Cl2N6. The number of nitrogens with one attached hydrogen (secondary N) is 1. The van der Waals surface area contributed by atoms with Crippen LogP contribution in [0.4, 0.5) is 11.5 Å². The maximum absolute atomic E-state index is 5.90. The first kappa shape index (κ1) is 12.1. The number of anilines is 2. The van der Waals surface area contributed by atoms with Gasteiger partial charge in [-0.3, -0.25) is 0 Å². The van der Waals surface area contributed by atoms with Gasteiger partial charge in [-0.05, 0) is 23.7 Å². The monoisotopic (exact) mass is 294 g/mol.